The molecule has 25 heavy (non-hydrogen) atoms. The van der Waals surface area contributed by atoms with E-state index in [1.807, 2.05) is 12.3 Å². The number of hydrogen-bond donors (Lipinski definition) is 0. The molecule has 0 bridgehead atoms. The van der Waals surface area contributed by atoms with E-state index >= 15 is 0 Å². The van der Waals surface area contributed by atoms with Crippen LogP contribution in [-0.2, 0) is 20.1 Å². The quantitative estimate of drug-likeness (QED) is 0.205. The fourth-order valence-corrected chi connectivity index (χ4v) is 3.32. The minimum Gasteiger partial charge on any atom is -0.304 e. The van der Waals surface area contributed by atoms with Crippen LogP contribution in [0.1, 0.15) is 0 Å². The molecule has 5 aromatic rings. The Morgan fingerprint density at radius 2 is 1.36 bits per heavy atom. The maximum atomic E-state index is 4.66. The average molecular weight is 497 g/mol. The van der Waals surface area contributed by atoms with Crippen molar-refractivity contribution in [2.45, 2.75) is 0 Å². The van der Waals surface area contributed by atoms with Crippen molar-refractivity contribution in [2.24, 2.45) is 0 Å². The van der Waals surface area contributed by atoms with Crippen molar-refractivity contribution in [3.63, 3.8) is 0 Å². The third kappa shape index (κ3) is 2.74. The molecule has 0 amide bonds. The first-order valence-electron chi connectivity index (χ1n) is 8.07. The molecule has 1 heterocycles. The van der Waals surface area contributed by atoms with E-state index in [1.165, 1.54) is 32.3 Å². The van der Waals surface area contributed by atoms with E-state index in [0.717, 1.165) is 11.3 Å². The van der Waals surface area contributed by atoms with Gasteiger partial charge in [0.05, 0.1) is 0 Å². The van der Waals surface area contributed by atoms with E-state index in [-0.39, 0.29) is 20.1 Å². The van der Waals surface area contributed by atoms with E-state index in [9.17, 15) is 0 Å². The Morgan fingerprint density at radius 1 is 0.640 bits per heavy atom. The van der Waals surface area contributed by atoms with Crippen LogP contribution in [0, 0.1) is 6.07 Å². The minimum atomic E-state index is 0. The molecule has 0 saturated carbocycles. The van der Waals surface area contributed by atoms with Crippen LogP contribution in [-0.4, -0.2) is 4.98 Å². The van der Waals surface area contributed by atoms with Gasteiger partial charge in [-0.05, 0) is 27.2 Å². The molecule has 0 aliphatic heterocycles. The van der Waals surface area contributed by atoms with Gasteiger partial charge in [-0.15, -0.1) is 29.1 Å². The second kappa shape index (κ2) is 6.40. The summed E-state index contributed by atoms with van der Waals surface area (Å²) in [4.78, 5) is 4.66. The molecule has 1 radical (unpaired) electrons. The SMILES string of the molecule is [Ir].[c-]1cc2ccccc2cc1-c1cc2c(ccc3ccccc32)cn1. The van der Waals surface area contributed by atoms with Crippen LogP contribution in [0.15, 0.2) is 85.1 Å². The molecule has 0 fully saturated rings. The van der Waals surface area contributed by atoms with E-state index < -0.39 is 0 Å². The van der Waals surface area contributed by atoms with Crippen molar-refractivity contribution in [3.8, 4) is 11.3 Å². The molecule has 0 atom stereocenters. The molecule has 0 spiro atoms. The number of aromatic nitrogens is 1. The zero-order valence-electron chi connectivity index (χ0n) is 13.4. The Kier molecular flexibility index (Phi) is 4.09. The number of hydrogen-bond acceptors (Lipinski definition) is 1. The molecular formula is C23H14IrN-. The third-order valence-corrected chi connectivity index (χ3v) is 4.58. The van der Waals surface area contributed by atoms with Crippen molar-refractivity contribution >= 4 is 32.3 Å². The van der Waals surface area contributed by atoms with Crippen LogP contribution in [0.25, 0.3) is 43.6 Å². The van der Waals surface area contributed by atoms with Gasteiger partial charge in [-0.3, -0.25) is 0 Å². The summed E-state index contributed by atoms with van der Waals surface area (Å²) < 4.78 is 0. The summed E-state index contributed by atoms with van der Waals surface area (Å²) in [6, 6.07) is 30.9. The van der Waals surface area contributed by atoms with Gasteiger partial charge >= 0.3 is 0 Å². The molecule has 1 aromatic heterocycles. The Labute approximate surface area is 159 Å². The summed E-state index contributed by atoms with van der Waals surface area (Å²) in [6.45, 7) is 0. The van der Waals surface area contributed by atoms with Crippen molar-refractivity contribution in [3.05, 3.63) is 91.1 Å². The molecule has 0 aliphatic carbocycles. The smallest absolute Gasteiger partial charge is 0.0239 e. The van der Waals surface area contributed by atoms with Crippen molar-refractivity contribution in [1.29, 1.82) is 0 Å². The normalized spacial score (nSPS) is 10.9. The Hall–Kier alpha value is -2.54. The summed E-state index contributed by atoms with van der Waals surface area (Å²) in [5, 5.41) is 7.33. The minimum absolute atomic E-state index is 0. The van der Waals surface area contributed by atoms with Gasteiger partial charge in [0.2, 0.25) is 0 Å². The van der Waals surface area contributed by atoms with Gasteiger partial charge in [-0.2, -0.15) is 0 Å². The maximum Gasteiger partial charge on any atom is 0.0239 e. The maximum absolute atomic E-state index is 4.66. The van der Waals surface area contributed by atoms with Crippen LogP contribution in [0.3, 0.4) is 0 Å². The average Bonchev–Trinajstić information content (AvgIpc) is 2.67. The molecule has 2 heteroatoms. The van der Waals surface area contributed by atoms with Gasteiger partial charge in [0.25, 0.3) is 0 Å². The molecule has 1 nitrogen and oxygen atoms in total. The summed E-state index contributed by atoms with van der Waals surface area (Å²) in [6.07, 6.45) is 1.96. The van der Waals surface area contributed by atoms with Gasteiger partial charge in [0.15, 0.2) is 0 Å². The summed E-state index contributed by atoms with van der Waals surface area (Å²) in [5.74, 6) is 0. The first-order valence-corrected chi connectivity index (χ1v) is 8.07. The first kappa shape index (κ1) is 16.0. The predicted molar refractivity (Wildman–Crippen MR) is 101 cm³/mol. The van der Waals surface area contributed by atoms with Gasteiger partial charge in [-0.1, -0.05) is 72.1 Å². The predicted octanol–water partition coefficient (Wildman–Crippen LogP) is 6.01. The Balaban J connectivity index is 0.00000157. The largest absolute Gasteiger partial charge is 0.304 e. The Morgan fingerprint density at radius 3 is 2.24 bits per heavy atom. The van der Waals surface area contributed by atoms with Crippen LogP contribution in [0.2, 0.25) is 0 Å². The molecule has 0 saturated heterocycles. The topological polar surface area (TPSA) is 12.9 Å². The zero-order valence-corrected chi connectivity index (χ0v) is 15.8. The fourth-order valence-electron chi connectivity index (χ4n) is 3.32. The second-order valence-corrected chi connectivity index (χ2v) is 6.05. The van der Waals surface area contributed by atoms with Gasteiger partial charge in [0, 0.05) is 26.3 Å². The summed E-state index contributed by atoms with van der Waals surface area (Å²) in [7, 11) is 0. The van der Waals surface area contributed by atoms with Crippen LogP contribution in [0.5, 0.6) is 0 Å². The van der Waals surface area contributed by atoms with Crippen LogP contribution in [0.4, 0.5) is 0 Å². The summed E-state index contributed by atoms with van der Waals surface area (Å²) in [5.41, 5.74) is 1.99. The zero-order chi connectivity index (χ0) is 15.9. The molecule has 0 N–H and O–H groups in total. The van der Waals surface area contributed by atoms with Gasteiger partial charge < -0.3 is 4.98 Å². The number of nitrogens with zero attached hydrogens (tertiary/aromatic N) is 1. The first-order chi connectivity index (χ1) is 11.9. The second-order valence-electron chi connectivity index (χ2n) is 6.05. The number of benzene rings is 4. The van der Waals surface area contributed by atoms with E-state index in [4.69, 9.17) is 0 Å². The fraction of sp³-hybridized carbons (Fsp3) is 0. The van der Waals surface area contributed by atoms with Crippen molar-refractivity contribution in [1.82, 2.24) is 4.98 Å². The molecule has 0 unspecified atom stereocenters. The molecular weight excluding hydrogens is 482 g/mol. The van der Waals surface area contributed by atoms with E-state index in [2.05, 4.69) is 83.8 Å². The number of pyridine rings is 1. The molecule has 4 aromatic carbocycles. The van der Waals surface area contributed by atoms with E-state index in [1.54, 1.807) is 0 Å². The molecule has 121 valence electrons. The molecule has 5 rings (SSSR count). The van der Waals surface area contributed by atoms with Crippen molar-refractivity contribution < 1.29 is 20.1 Å². The number of rotatable bonds is 1. The third-order valence-electron chi connectivity index (χ3n) is 4.58. The molecule has 0 aliphatic rings. The Bertz CT molecular complexity index is 1210. The standard InChI is InChI=1S/C23H14N.Ir/c1-2-7-18-13-19(11-9-16(18)5-1)23-14-22-20(15-24-23)12-10-17-6-3-4-8-21(17)22;/h1-10,12-15H;/q-1;. The van der Waals surface area contributed by atoms with Gasteiger partial charge in [0.1, 0.15) is 0 Å². The van der Waals surface area contributed by atoms with Crippen LogP contribution < -0.4 is 0 Å². The van der Waals surface area contributed by atoms with Crippen molar-refractivity contribution in [2.75, 3.05) is 0 Å². The number of fused-ring (bicyclic) bond motifs is 4. The van der Waals surface area contributed by atoms with Gasteiger partial charge in [-0.25, -0.2) is 0 Å². The summed E-state index contributed by atoms with van der Waals surface area (Å²) >= 11 is 0. The monoisotopic (exact) mass is 497 g/mol. The van der Waals surface area contributed by atoms with E-state index in [0.29, 0.717) is 0 Å². The van der Waals surface area contributed by atoms with Crippen LogP contribution >= 0.6 is 0 Å².